The molecule has 0 N–H and O–H groups in total. The Balaban J connectivity index is 1.40. The van der Waals surface area contributed by atoms with Crippen molar-refractivity contribution in [3.63, 3.8) is 0 Å². The first-order valence-electron chi connectivity index (χ1n) is 9.57. The summed E-state index contributed by atoms with van der Waals surface area (Å²) in [6.07, 6.45) is 3.72. The summed E-state index contributed by atoms with van der Waals surface area (Å²) in [6, 6.07) is 10.2. The van der Waals surface area contributed by atoms with E-state index in [2.05, 4.69) is 35.6 Å². The minimum absolute atomic E-state index is 0.0382. The zero-order valence-corrected chi connectivity index (χ0v) is 16.2. The van der Waals surface area contributed by atoms with Gasteiger partial charge in [0.1, 0.15) is 5.52 Å². The predicted octanol–water partition coefficient (Wildman–Crippen LogP) is 3.60. The van der Waals surface area contributed by atoms with Gasteiger partial charge in [-0.05, 0) is 30.9 Å². The largest absolute Gasteiger partial charge is 0.423 e. The molecule has 142 valence electrons. The van der Waals surface area contributed by atoms with Crippen LogP contribution in [0.1, 0.15) is 39.3 Å². The molecule has 0 saturated carbocycles. The van der Waals surface area contributed by atoms with Crippen molar-refractivity contribution in [3.05, 3.63) is 52.7 Å². The van der Waals surface area contributed by atoms with Crippen LogP contribution in [0.25, 0.3) is 11.1 Å². The normalized spacial score (nSPS) is 16.2. The summed E-state index contributed by atoms with van der Waals surface area (Å²) in [5, 5.41) is 0. The molecule has 6 nitrogen and oxygen atoms in total. The molecule has 4 rings (SSSR count). The van der Waals surface area contributed by atoms with Gasteiger partial charge in [-0.15, -0.1) is 0 Å². The molecule has 6 heteroatoms. The van der Waals surface area contributed by atoms with Gasteiger partial charge in [-0.1, -0.05) is 32.9 Å². The molecule has 0 spiro atoms. The Labute approximate surface area is 158 Å². The van der Waals surface area contributed by atoms with E-state index in [9.17, 15) is 4.79 Å². The molecule has 3 aromatic rings. The minimum Gasteiger partial charge on any atom is -0.423 e. The minimum atomic E-state index is -0.108. The van der Waals surface area contributed by atoms with Gasteiger partial charge in [0.15, 0.2) is 5.58 Å². The highest BCUT2D eigenvalue weighted by molar-refractivity contribution is 5.74. The molecule has 27 heavy (non-hydrogen) atoms. The van der Waals surface area contributed by atoms with Crippen molar-refractivity contribution in [2.75, 3.05) is 18.0 Å². The summed E-state index contributed by atoms with van der Waals surface area (Å²) in [5.41, 5.74) is 2.49. The second-order valence-electron chi connectivity index (χ2n) is 8.41. The van der Waals surface area contributed by atoms with Gasteiger partial charge in [-0.2, -0.15) is 4.98 Å². The number of rotatable bonds is 3. The average Bonchev–Trinajstić information content (AvgIpc) is 3.07. The topological polar surface area (TPSA) is 64.2 Å². The monoisotopic (exact) mass is 366 g/mol. The average molecular weight is 366 g/mol. The molecule has 1 aliphatic heterocycles. The van der Waals surface area contributed by atoms with E-state index in [1.165, 1.54) is 0 Å². The van der Waals surface area contributed by atoms with Gasteiger partial charge in [0.2, 0.25) is 0 Å². The van der Waals surface area contributed by atoms with Crippen LogP contribution in [0.3, 0.4) is 0 Å². The van der Waals surface area contributed by atoms with Crippen molar-refractivity contribution in [1.82, 2.24) is 14.5 Å². The second kappa shape index (κ2) is 6.83. The number of benzene rings is 1. The van der Waals surface area contributed by atoms with E-state index in [1.807, 2.05) is 24.3 Å². The molecule has 1 aliphatic rings. The number of hydrogen-bond acceptors (Lipinski definition) is 5. The predicted molar refractivity (Wildman–Crippen MR) is 106 cm³/mol. The molecule has 3 heterocycles. The van der Waals surface area contributed by atoms with Gasteiger partial charge in [0.05, 0.1) is 12.0 Å². The first-order valence-corrected chi connectivity index (χ1v) is 9.57. The maximum absolute atomic E-state index is 12.4. The van der Waals surface area contributed by atoms with Crippen LogP contribution in [0.4, 0.5) is 6.01 Å². The summed E-state index contributed by atoms with van der Waals surface area (Å²) in [7, 11) is 0. The fraction of sp³-hybridized carbons (Fsp3) is 0.476. The van der Waals surface area contributed by atoms with Gasteiger partial charge >= 0.3 is 0 Å². The van der Waals surface area contributed by atoms with Crippen LogP contribution >= 0.6 is 0 Å². The third kappa shape index (κ3) is 3.75. The van der Waals surface area contributed by atoms with Crippen molar-refractivity contribution in [3.8, 4) is 0 Å². The van der Waals surface area contributed by atoms with Gasteiger partial charge in [-0.3, -0.25) is 9.36 Å². The Morgan fingerprint density at radius 2 is 1.93 bits per heavy atom. The number of piperidine rings is 1. The van der Waals surface area contributed by atoms with Gasteiger partial charge < -0.3 is 9.32 Å². The van der Waals surface area contributed by atoms with Gasteiger partial charge in [0.25, 0.3) is 11.6 Å². The molecule has 0 radical (unpaired) electrons. The van der Waals surface area contributed by atoms with Gasteiger partial charge in [-0.25, -0.2) is 4.98 Å². The Bertz CT molecular complexity index is 958. The molecule has 1 fully saturated rings. The van der Waals surface area contributed by atoms with Crippen molar-refractivity contribution in [1.29, 1.82) is 0 Å². The first kappa shape index (κ1) is 17.8. The van der Waals surface area contributed by atoms with E-state index in [-0.39, 0.29) is 11.0 Å². The van der Waals surface area contributed by atoms with Crippen molar-refractivity contribution in [2.45, 2.75) is 45.6 Å². The van der Waals surface area contributed by atoms with Crippen molar-refractivity contribution < 1.29 is 4.42 Å². The standard InChI is InChI=1S/C21H26N4O2/c1-21(2,3)18-12-19(26)25(14-22-18)13-15-8-10-24(11-9-15)20-23-16-6-4-5-7-17(16)27-20/h4-7,12,14-15H,8-11,13H2,1-3H3. The lowest BCUT2D eigenvalue weighted by Crippen LogP contribution is -2.36. The van der Waals surface area contributed by atoms with Crippen LogP contribution in [0.5, 0.6) is 0 Å². The second-order valence-corrected chi connectivity index (χ2v) is 8.41. The fourth-order valence-electron chi connectivity index (χ4n) is 3.55. The van der Waals surface area contributed by atoms with Crippen molar-refractivity contribution in [2.24, 2.45) is 5.92 Å². The number of anilines is 1. The molecule has 1 saturated heterocycles. The molecule has 0 amide bonds. The lowest BCUT2D eigenvalue weighted by atomic mass is 9.92. The third-order valence-electron chi connectivity index (χ3n) is 5.27. The zero-order chi connectivity index (χ0) is 19.0. The molecular weight excluding hydrogens is 340 g/mol. The van der Waals surface area contributed by atoms with E-state index >= 15 is 0 Å². The number of nitrogens with zero attached hydrogens (tertiary/aromatic N) is 4. The van der Waals surface area contributed by atoms with Crippen LogP contribution in [0, 0.1) is 5.92 Å². The zero-order valence-electron chi connectivity index (χ0n) is 16.2. The fourth-order valence-corrected chi connectivity index (χ4v) is 3.55. The smallest absolute Gasteiger partial charge is 0.298 e. The molecular formula is C21H26N4O2. The SMILES string of the molecule is CC(C)(C)c1cc(=O)n(CC2CCN(c3nc4ccccc4o3)CC2)cn1. The van der Waals surface area contributed by atoms with Gasteiger partial charge in [0, 0.05) is 31.1 Å². The molecule has 0 aliphatic carbocycles. The molecule has 1 aromatic carbocycles. The van der Waals surface area contributed by atoms with Crippen LogP contribution < -0.4 is 10.5 Å². The third-order valence-corrected chi connectivity index (χ3v) is 5.27. The highest BCUT2D eigenvalue weighted by Gasteiger charge is 2.24. The molecule has 0 bridgehead atoms. The summed E-state index contributed by atoms with van der Waals surface area (Å²) >= 11 is 0. The maximum Gasteiger partial charge on any atom is 0.298 e. The Hall–Kier alpha value is -2.63. The van der Waals surface area contributed by atoms with E-state index in [0.717, 1.165) is 49.3 Å². The number of hydrogen-bond donors (Lipinski definition) is 0. The van der Waals surface area contributed by atoms with Crippen LogP contribution in [0.15, 0.2) is 45.9 Å². The van der Waals surface area contributed by atoms with Crippen LogP contribution in [-0.2, 0) is 12.0 Å². The quantitative estimate of drug-likeness (QED) is 0.709. The van der Waals surface area contributed by atoms with E-state index in [0.29, 0.717) is 11.9 Å². The highest BCUT2D eigenvalue weighted by Crippen LogP contribution is 2.27. The molecule has 0 atom stereocenters. The van der Waals surface area contributed by atoms with E-state index in [1.54, 1.807) is 17.0 Å². The Morgan fingerprint density at radius 1 is 1.19 bits per heavy atom. The summed E-state index contributed by atoms with van der Waals surface area (Å²) in [5.74, 6) is 0.464. The van der Waals surface area contributed by atoms with E-state index in [4.69, 9.17) is 4.42 Å². The Morgan fingerprint density at radius 3 is 2.59 bits per heavy atom. The van der Waals surface area contributed by atoms with Crippen LogP contribution in [-0.4, -0.2) is 27.6 Å². The molecule has 0 unspecified atom stereocenters. The summed E-state index contributed by atoms with van der Waals surface area (Å²) in [4.78, 5) is 23.7. The number of oxazole rings is 1. The molecule has 2 aromatic heterocycles. The summed E-state index contributed by atoms with van der Waals surface area (Å²) in [6.45, 7) is 8.71. The number of aromatic nitrogens is 3. The van der Waals surface area contributed by atoms with Crippen molar-refractivity contribution >= 4 is 17.1 Å². The first-order chi connectivity index (χ1) is 12.9. The number of fused-ring (bicyclic) bond motifs is 1. The Kier molecular flexibility index (Phi) is 4.50. The van der Waals surface area contributed by atoms with E-state index < -0.39 is 0 Å². The lowest BCUT2D eigenvalue weighted by Gasteiger charge is -2.31. The van der Waals surface area contributed by atoms with Crippen LogP contribution in [0.2, 0.25) is 0 Å². The maximum atomic E-state index is 12.4. The highest BCUT2D eigenvalue weighted by atomic mass is 16.4. The number of para-hydroxylation sites is 2. The summed E-state index contributed by atoms with van der Waals surface area (Å²) < 4.78 is 7.62. The lowest BCUT2D eigenvalue weighted by molar-refractivity contribution is 0.341.